The van der Waals surface area contributed by atoms with Gasteiger partial charge in [-0.25, -0.2) is 13.4 Å². The Bertz CT molecular complexity index is 561. The average Bonchev–Trinajstić information content (AvgIpc) is 2.37. The number of pyridine rings is 1. The van der Waals surface area contributed by atoms with Crippen LogP contribution in [0.1, 0.15) is 19.4 Å². The topological polar surface area (TPSA) is 62.3 Å². The Hall–Kier alpha value is -0.660. The monoisotopic (exact) mass is 361 g/mol. The van der Waals surface area contributed by atoms with Crippen LogP contribution in [0, 0.1) is 0 Å². The van der Waals surface area contributed by atoms with E-state index in [1.165, 1.54) is 0 Å². The normalized spacial score (nSPS) is 18.5. The van der Waals surface area contributed by atoms with Crippen molar-refractivity contribution in [1.82, 2.24) is 10.3 Å². The second-order valence-corrected chi connectivity index (χ2v) is 8.53. The van der Waals surface area contributed by atoms with Gasteiger partial charge in [0.2, 0.25) is 0 Å². The first kappa shape index (κ1) is 15.7. The number of halogens is 1. The van der Waals surface area contributed by atoms with Crippen LogP contribution in [-0.4, -0.2) is 44.0 Å². The van der Waals surface area contributed by atoms with Gasteiger partial charge in [0.25, 0.3) is 0 Å². The van der Waals surface area contributed by atoms with Crippen molar-refractivity contribution in [1.29, 1.82) is 0 Å². The zero-order valence-corrected chi connectivity index (χ0v) is 14.2. The predicted octanol–water partition coefficient (Wildman–Crippen LogP) is 1.58. The predicted molar refractivity (Wildman–Crippen MR) is 84.8 cm³/mol. The van der Waals surface area contributed by atoms with E-state index in [2.05, 4.69) is 45.0 Å². The van der Waals surface area contributed by atoms with Gasteiger partial charge in [-0.1, -0.05) is 13.8 Å². The van der Waals surface area contributed by atoms with Crippen LogP contribution >= 0.6 is 15.9 Å². The van der Waals surface area contributed by atoms with Gasteiger partial charge in [-0.3, -0.25) is 0 Å². The van der Waals surface area contributed by atoms with Gasteiger partial charge in [0.15, 0.2) is 9.84 Å². The van der Waals surface area contributed by atoms with E-state index in [0.717, 1.165) is 22.4 Å². The molecular weight excluding hydrogens is 342 g/mol. The molecule has 1 aliphatic heterocycles. The molecule has 1 aliphatic rings. The summed E-state index contributed by atoms with van der Waals surface area (Å²) in [7, 11) is -2.86. The van der Waals surface area contributed by atoms with Crippen molar-refractivity contribution in [3.63, 3.8) is 0 Å². The summed E-state index contributed by atoms with van der Waals surface area (Å²) in [6, 6.07) is 2.43. The molecule has 2 rings (SSSR count). The van der Waals surface area contributed by atoms with Crippen LogP contribution < -0.4 is 10.2 Å². The molecule has 7 heteroatoms. The maximum Gasteiger partial charge on any atom is 0.153 e. The van der Waals surface area contributed by atoms with Gasteiger partial charge in [0.1, 0.15) is 5.82 Å². The van der Waals surface area contributed by atoms with Gasteiger partial charge in [0.05, 0.1) is 11.5 Å². The van der Waals surface area contributed by atoms with Crippen molar-refractivity contribution in [2.24, 2.45) is 0 Å². The summed E-state index contributed by atoms with van der Waals surface area (Å²) in [6.45, 7) is 5.96. The number of rotatable bonds is 4. The van der Waals surface area contributed by atoms with Crippen LogP contribution in [0.15, 0.2) is 16.7 Å². The van der Waals surface area contributed by atoms with Crippen molar-refractivity contribution < 1.29 is 8.42 Å². The van der Waals surface area contributed by atoms with Gasteiger partial charge in [-0.05, 0) is 22.0 Å². The number of aromatic nitrogens is 1. The fourth-order valence-electron chi connectivity index (χ4n) is 2.13. The van der Waals surface area contributed by atoms with Crippen molar-refractivity contribution in [3.8, 4) is 0 Å². The summed E-state index contributed by atoms with van der Waals surface area (Å²) in [5.74, 6) is 1.31. The third-order valence-corrected chi connectivity index (χ3v) is 5.30. The Balaban J connectivity index is 2.18. The van der Waals surface area contributed by atoms with Crippen LogP contribution in [0.5, 0.6) is 0 Å². The largest absolute Gasteiger partial charge is 0.354 e. The highest BCUT2D eigenvalue weighted by Gasteiger charge is 2.24. The minimum atomic E-state index is -2.86. The first-order valence-corrected chi connectivity index (χ1v) is 9.32. The molecule has 1 saturated heterocycles. The molecular formula is C13H20BrN3O2S. The van der Waals surface area contributed by atoms with E-state index < -0.39 is 9.84 Å². The minimum Gasteiger partial charge on any atom is -0.354 e. The van der Waals surface area contributed by atoms with Gasteiger partial charge < -0.3 is 10.2 Å². The summed E-state index contributed by atoms with van der Waals surface area (Å²) in [5.41, 5.74) is 1.09. The van der Waals surface area contributed by atoms with Crippen LogP contribution in [0.25, 0.3) is 0 Å². The molecule has 1 fully saturated rings. The fraction of sp³-hybridized carbons (Fsp3) is 0.615. The fourth-order valence-corrected chi connectivity index (χ4v) is 3.71. The third-order valence-electron chi connectivity index (χ3n) is 3.25. The molecule has 20 heavy (non-hydrogen) atoms. The maximum absolute atomic E-state index is 11.5. The third kappa shape index (κ3) is 4.17. The molecule has 0 atom stereocenters. The van der Waals surface area contributed by atoms with E-state index in [4.69, 9.17) is 0 Å². The lowest BCUT2D eigenvalue weighted by molar-refractivity contribution is 0.580. The van der Waals surface area contributed by atoms with Crippen molar-refractivity contribution in [3.05, 3.63) is 22.3 Å². The quantitative estimate of drug-likeness (QED) is 0.881. The van der Waals surface area contributed by atoms with E-state index in [1.807, 2.05) is 6.07 Å². The molecule has 0 aliphatic carbocycles. The maximum atomic E-state index is 11.5. The number of nitrogens with zero attached hydrogens (tertiary/aromatic N) is 2. The van der Waals surface area contributed by atoms with Crippen LogP contribution in [0.4, 0.5) is 5.82 Å². The molecule has 0 bridgehead atoms. The molecule has 1 aromatic rings. The van der Waals surface area contributed by atoms with Gasteiger partial charge in [0, 0.05) is 41.9 Å². The number of hydrogen-bond acceptors (Lipinski definition) is 5. The molecule has 0 aromatic carbocycles. The molecule has 112 valence electrons. The number of hydrogen-bond donors (Lipinski definition) is 1. The van der Waals surface area contributed by atoms with E-state index >= 15 is 0 Å². The molecule has 0 saturated carbocycles. The molecule has 0 unspecified atom stereocenters. The molecule has 1 aromatic heterocycles. The lowest BCUT2D eigenvalue weighted by Crippen LogP contribution is -2.41. The molecule has 0 amide bonds. The summed E-state index contributed by atoms with van der Waals surface area (Å²) < 4.78 is 24.0. The molecule has 0 radical (unpaired) electrons. The van der Waals surface area contributed by atoms with Crippen LogP contribution in [-0.2, 0) is 16.4 Å². The summed E-state index contributed by atoms with van der Waals surface area (Å²) in [4.78, 5) is 6.53. The Kier molecular flexibility index (Phi) is 5.04. The zero-order chi connectivity index (χ0) is 14.8. The highest BCUT2D eigenvalue weighted by Crippen LogP contribution is 2.23. The van der Waals surface area contributed by atoms with E-state index in [1.54, 1.807) is 6.20 Å². The van der Waals surface area contributed by atoms with Gasteiger partial charge in [-0.15, -0.1) is 0 Å². The molecule has 1 N–H and O–H groups in total. The number of anilines is 1. The van der Waals surface area contributed by atoms with E-state index in [9.17, 15) is 8.42 Å². The average molecular weight is 362 g/mol. The second-order valence-electron chi connectivity index (χ2n) is 5.31. The first-order chi connectivity index (χ1) is 9.37. The van der Waals surface area contributed by atoms with Crippen molar-refractivity contribution >= 4 is 31.6 Å². The van der Waals surface area contributed by atoms with Gasteiger partial charge in [-0.2, -0.15) is 0 Å². The Morgan fingerprint density at radius 1 is 1.40 bits per heavy atom. The smallest absolute Gasteiger partial charge is 0.153 e. The molecule has 0 spiro atoms. The highest BCUT2D eigenvalue weighted by atomic mass is 79.9. The molecule has 2 heterocycles. The lowest BCUT2D eigenvalue weighted by Gasteiger charge is -2.29. The van der Waals surface area contributed by atoms with Gasteiger partial charge >= 0.3 is 0 Å². The summed E-state index contributed by atoms with van der Waals surface area (Å²) in [6.07, 6.45) is 1.76. The lowest BCUT2D eigenvalue weighted by atomic mass is 10.2. The number of sulfone groups is 1. The van der Waals surface area contributed by atoms with Crippen LogP contribution in [0.2, 0.25) is 0 Å². The SMILES string of the molecule is CC(C)NCc1cc(Br)cnc1N1CCS(=O)(=O)CC1. The number of nitrogens with one attached hydrogen (secondary N) is 1. The Morgan fingerprint density at radius 3 is 2.65 bits per heavy atom. The van der Waals surface area contributed by atoms with Crippen molar-refractivity contribution in [2.75, 3.05) is 29.5 Å². The summed E-state index contributed by atoms with van der Waals surface area (Å²) in [5, 5.41) is 3.38. The second kappa shape index (κ2) is 6.41. The van der Waals surface area contributed by atoms with Crippen molar-refractivity contribution in [2.45, 2.75) is 26.4 Å². The minimum absolute atomic E-state index is 0.210. The molecule has 5 nitrogen and oxygen atoms in total. The Labute approximate surface area is 128 Å². The first-order valence-electron chi connectivity index (χ1n) is 6.70. The highest BCUT2D eigenvalue weighted by molar-refractivity contribution is 9.10. The Morgan fingerprint density at radius 2 is 2.05 bits per heavy atom. The van der Waals surface area contributed by atoms with E-state index in [0.29, 0.717) is 19.1 Å². The zero-order valence-electron chi connectivity index (χ0n) is 11.8. The summed E-state index contributed by atoms with van der Waals surface area (Å²) >= 11 is 3.44. The van der Waals surface area contributed by atoms with Crippen LogP contribution in [0.3, 0.4) is 0 Å². The standard InChI is InChI=1S/C13H20BrN3O2S/c1-10(2)15-8-11-7-12(14)9-16-13(11)17-3-5-20(18,19)6-4-17/h7,9-10,15H,3-6,8H2,1-2H3. The van der Waals surface area contributed by atoms with E-state index in [-0.39, 0.29) is 11.5 Å².